The van der Waals surface area contributed by atoms with E-state index in [0.717, 1.165) is 30.7 Å². The molecule has 6 heteroatoms. The number of carbonyl (C=O) groups excluding carboxylic acids is 2. The zero-order valence-corrected chi connectivity index (χ0v) is 11.6. The van der Waals surface area contributed by atoms with Crippen molar-refractivity contribution < 1.29 is 9.59 Å². The molecule has 0 aliphatic carbocycles. The average molecular weight is 281 g/mol. The van der Waals surface area contributed by atoms with Crippen LogP contribution in [0.3, 0.4) is 0 Å². The van der Waals surface area contributed by atoms with Gasteiger partial charge in [-0.15, -0.1) is 11.3 Å². The lowest BCUT2D eigenvalue weighted by Crippen LogP contribution is -2.41. The monoisotopic (exact) mass is 281 g/mol. The number of hydrogen-bond acceptors (Lipinski definition) is 4. The van der Waals surface area contributed by atoms with Crippen LogP contribution >= 0.6 is 11.3 Å². The predicted octanol–water partition coefficient (Wildman–Crippen LogP) is 0.736. The smallest absolute Gasteiger partial charge is 0.261 e. The summed E-state index contributed by atoms with van der Waals surface area (Å²) in [7, 11) is 0. The molecule has 0 bridgehead atoms. The van der Waals surface area contributed by atoms with Crippen LogP contribution in [0.4, 0.5) is 0 Å². The van der Waals surface area contributed by atoms with Crippen LogP contribution in [0.25, 0.3) is 0 Å². The number of rotatable bonds is 6. The van der Waals surface area contributed by atoms with E-state index >= 15 is 0 Å². The van der Waals surface area contributed by atoms with Gasteiger partial charge in [0, 0.05) is 13.1 Å². The number of nitrogens with one attached hydrogen (secondary N) is 3. The first-order valence-corrected chi connectivity index (χ1v) is 7.48. The van der Waals surface area contributed by atoms with E-state index in [0.29, 0.717) is 13.1 Å². The average Bonchev–Trinajstić information content (AvgIpc) is 3.10. The summed E-state index contributed by atoms with van der Waals surface area (Å²) in [6, 6.07) is 3.63. The first kappa shape index (κ1) is 14.0. The van der Waals surface area contributed by atoms with Gasteiger partial charge in [0.25, 0.3) is 5.91 Å². The predicted molar refractivity (Wildman–Crippen MR) is 75.3 cm³/mol. The van der Waals surface area contributed by atoms with Gasteiger partial charge < -0.3 is 16.0 Å². The van der Waals surface area contributed by atoms with Crippen LogP contribution in [-0.2, 0) is 4.79 Å². The van der Waals surface area contributed by atoms with Crippen molar-refractivity contribution in [2.75, 3.05) is 19.6 Å². The van der Waals surface area contributed by atoms with Crippen molar-refractivity contribution in [1.29, 1.82) is 0 Å². The third-order valence-electron chi connectivity index (χ3n) is 3.06. The van der Waals surface area contributed by atoms with E-state index < -0.39 is 0 Å². The zero-order chi connectivity index (χ0) is 13.5. The molecule has 1 unspecified atom stereocenters. The molecule has 19 heavy (non-hydrogen) atoms. The molecule has 2 rings (SSSR count). The molecule has 1 fully saturated rings. The Hall–Kier alpha value is -1.40. The molecule has 0 saturated carbocycles. The summed E-state index contributed by atoms with van der Waals surface area (Å²) >= 11 is 1.43. The summed E-state index contributed by atoms with van der Waals surface area (Å²) in [6.07, 6.45) is 2.73. The standard InChI is InChI=1S/C13H19N3O2S/c17-12(10-4-1-6-14-10)15-7-3-8-16-13(18)11-5-2-9-19-11/h2,5,9-10,14H,1,3-4,6-8H2,(H,15,17)(H,16,18). The highest BCUT2D eigenvalue weighted by Crippen LogP contribution is 2.07. The second-order valence-corrected chi connectivity index (χ2v) is 5.47. The second kappa shape index (κ2) is 7.25. The van der Waals surface area contributed by atoms with Gasteiger partial charge in [0.15, 0.2) is 0 Å². The lowest BCUT2D eigenvalue weighted by Gasteiger charge is -2.11. The molecule has 0 aromatic carbocycles. The minimum atomic E-state index is -0.0428. The highest BCUT2D eigenvalue weighted by Gasteiger charge is 2.21. The van der Waals surface area contributed by atoms with Gasteiger partial charge in [-0.1, -0.05) is 6.07 Å². The van der Waals surface area contributed by atoms with Crippen LogP contribution in [0.15, 0.2) is 17.5 Å². The molecule has 2 amide bonds. The van der Waals surface area contributed by atoms with Crippen LogP contribution in [0.2, 0.25) is 0 Å². The molecule has 2 heterocycles. The molecule has 0 radical (unpaired) electrons. The van der Waals surface area contributed by atoms with Gasteiger partial charge in [-0.3, -0.25) is 9.59 Å². The Bertz CT molecular complexity index is 414. The molecule has 3 N–H and O–H groups in total. The van der Waals surface area contributed by atoms with Crippen LogP contribution in [0.1, 0.15) is 28.9 Å². The molecule has 1 aromatic heterocycles. The molecule has 104 valence electrons. The van der Waals surface area contributed by atoms with Gasteiger partial charge in [0.1, 0.15) is 0 Å². The van der Waals surface area contributed by atoms with Gasteiger partial charge in [-0.2, -0.15) is 0 Å². The summed E-state index contributed by atoms with van der Waals surface area (Å²) in [5.41, 5.74) is 0. The Morgan fingerprint density at radius 1 is 1.37 bits per heavy atom. The van der Waals surface area contributed by atoms with Crippen molar-refractivity contribution >= 4 is 23.2 Å². The van der Waals surface area contributed by atoms with Gasteiger partial charge >= 0.3 is 0 Å². The summed E-state index contributed by atoms with van der Waals surface area (Å²) in [6.45, 7) is 2.10. The van der Waals surface area contributed by atoms with Gasteiger partial charge in [-0.05, 0) is 37.3 Å². The minimum absolute atomic E-state index is 0.0271. The Morgan fingerprint density at radius 3 is 2.89 bits per heavy atom. The van der Waals surface area contributed by atoms with Gasteiger partial charge in [0.05, 0.1) is 10.9 Å². The lowest BCUT2D eigenvalue weighted by atomic mass is 10.2. The maximum atomic E-state index is 11.7. The van der Waals surface area contributed by atoms with E-state index in [4.69, 9.17) is 0 Å². The first-order valence-electron chi connectivity index (χ1n) is 6.60. The number of amides is 2. The van der Waals surface area contributed by atoms with E-state index in [-0.39, 0.29) is 17.9 Å². The van der Waals surface area contributed by atoms with Crippen molar-refractivity contribution in [3.8, 4) is 0 Å². The maximum absolute atomic E-state index is 11.7. The van der Waals surface area contributed by atoms with Gasteiger partial charge in [-0.25, -0.2) is 0 Å². The van der Waals surface area contributed by atoms with Crippen LogP contribution < -0.4 is 16.0 Å². The third-order valence-corrected chi connectivity index (χ3v) is 3.93. The van der Waals surface area contributed by atoms with Gasteiger partial charge in [0.2, 0.25) is 5.91 Å². The largest absolute Gasteiger partial charge is 0.355 e. The molecule has 1 aromatic rings. The fraction of sp³-hybridized carbons (Fsp3) is 0.538. The molecular weight excluding hydrogens is 262 g/mol. The van der Waals surface area contributed by atoms with Crippen molar-refractivity contribution in [2.24, 2.45) is 0 Å². The molecular formula is C13H19N3O2S. The van der Waals surface area contributed by atoms with Crippen molar-refractivity contribution in [2.45, 2.75) is 25.3 Å². The molecule has 1 aliphatic rings. The van der Waals surface area contributed by atoms with Crippen molar-refractivity contribution in [3.05, 3.63) is 22.4 Å². The van der Waals surface area contributed by atoms with E-state index in [1.54, 1.807) is 6.07 Å². The van der Waals surface area contributed by atoms with E-state index in [2.05, 4.69) is 16.0 Å². The highest BCUT2D eigenvalue weighted by atomic mass is 32.1. The first-order chi connectivity index (χ1) is 9.27. The quantitative estimate of drug-likeness (QED) is 0.674. The summed E-state index contributed by atoms with van der Waals surface area (Å²) < 4.78 is 0. The Labute approximate surface area is 116 Å². The zero-order valence-electron chi connectivity index (χ0n) is 10.8. The number of thiophene rings is 1. The second-order valence-electron chi connectivity index (χ2n) is 4.53. The summed E-state index contributed by atoms with van der Waals surface area (Å²) in [5.74, 6) is 0.0286. The maximum Gasteiger partial charge on any atom is 0.261 e. The fourth-order valence-electron chi connectivity index (χ4n) is 2.03. The van der Waals surface area contributed by atoms with Crippen LogP contribution in [0.5, 0.6) is 0 Å². The molecule has 1 aliphatic heterocycles. The number of carbonyl (C=O) groups is 2. The SMILES string of the molecule is O=C(NCCCNC(=O)C1CCCN1)c1cccs1. The number of hydrogen-bond donors (Lipinski definition) is 3. The molecule has 1 atom stereocenters. The third kappa shape index (κ3) is 4.33. The van der Waals surface area contributed by atoms with Crippen molar-refractivity contribution in [3.63, 3.8) is 0 Å². The normalized spacial score (nSPS) is 18.2. The highest BCUT2D eigenvalue weighted by molar-refractivity contribution is 7.12. The van der Waals surface area contributed by atoms with Crippen LogP contribution in [-0.4, -0.2) is 37.5 Å². The van der Waals surface area contributed by atoms with E-state index in [9.17, 15) is 9.59 Å². The Balaban J connectivity index is 1.54. The van der Waals surface area contributed by atoms with Crippen molar-refractivity contribution in [1.82, 2.24) is 16.0 Å². The Morgan fingerprint density at radius 2 is 2.21 bits per heavy atom. The van der Waals surface area contributed by atoms with Crippen LogP contribution in [0, 0.1) is 0 Å². The molecule has 0 spiro atoms. The summed E-state index contributed by atoms with van der Waals surface area (Å²) in [5, 5.41) is 10.7. The Kier molecular flexibility index (Phi) is 5.35. The topological polar surface area (TPSA) is 70.2 Å². The molecule has 5 nitrogen and oxygen atoms in total. The molecule has 1 saturated heterocycles. The fourth-order valence-corrected chi connectivity index (χ4v) is 2.67. The summed E-state index contributed by atoms with van der Waals surface area (Å²) in [4.78, 5) is 24.0. The van der Waals surface area contributed by atoms with E-state index in [1.807, 2.05) is 11.4 Å². The minimum Gasteiger partial charge on any atom is -0.355 e. The van der Waals surface area contributed by atoms with E-state index in [1.165, 1.54) is 11.3 Å². The lowest BCUT2D eigenvalue weighted by molar-refractivity contribution is -0.122.